The lowest BCUT2D eigenvalue weighted by atomic mass is 10.1. The van der Waals surface area contributed by atoms with Gasteiger partial charge in [0.2, 0.25) is 0 Å². The van der Waals surface area contributed by atoms with E-state index in [0.717, 1.165) is 12.8 Å². The number of thiocarbonyl (C=S) groups is 1. The van der Waals surface area contributed by atoms with Gasteiger partial charge in [0.05, 0.1) is 6.10 Å². The highest BCUT2D eigenvalue weighted by molar-refractivity contribution is 7.80. The Morgan fingerprint density at radius 1 is 1.37 bits per heavy atom. The van der Waals surface area contributed by atoms with Crippen LogP contribution in [0.2, 0.25) is 0 Å². The van der Waals surface area contributed by atoms with Crippen LogP contribution in [0.3, 0.4) is 0 Å². The van der Waals surface area contributed by atoms with E-state index in [2.05, 4.69) is 6.92 Å². The van der Waals surface area contributed by atoms with E-state index in [-0.39, 0.29) is 16.8 Å². The summed E-state index contributed by atoms with van der Waals surface area (Å²) < 4.78 is 19.4. The minimum Gasteiger partial charge on any atom is -0.488 e. The van der Waals surface area contributed by atoms with Crippen LogP contribution in [0.1, 0.15) is 51.5 Å². The number of benzene rings is 1. The maximum atomic E-state index is 13.8. The van der Waals surface area contributed by atoms with Crippen LogP contribution < -0.4 is 10.5 Å². The van der Waals surface area contributed by atoms with Crippen LogP contribution >= 0.6 is 12.2 Å². The third-order valence-electron chi connectivity index (χ3n) is 3.01. The Kier molecular flexibility index (Phi) is 6.78. The molecule has 0 aliphatic rings. The zero-order valence-corrected chi connectivity index (χ0v) is 12.4. The van der Waals surface area contributed by atoms with Crippen LogP contribution in [0, 0.1) is 5.82 Å². The van der Waals surface area contributed by atoms with Gasteiger partial charge in [-0.3, -0.25) is 0 Å². The van der Waals surface area contributed by atoms with Crippen LogP contribution in [-0.4, -0.2) is 11.1 Å². The fourth-order valence-electron chi connectivity index (χ4n) is 1.88. The minimum atomic E-state index is -0.411. The average Bonchev–Trinajstić information content (AvgIpc) is 2.37. The normalized spacial score (nSPS) is 12.2. The molecule has 0 spiro atoms. The Morgan fingerprint density at radius 3 is 2.68 bits per heavy atom. The molecular weight excluding hydrogens is 261 g/mol. The molecule has 0 fully saturated rings. The zero-order chi connectivity index (χ0) is 14.3. The molecule has 0 aliphatic heterocycles. The summed E-state index contributed by atoms with van der Waals surface area (Å²) in [5.74, 6) is -0.145. The number of ether oxygens (including phenoxy) is 1. The van der Waals surface area contributed by atoms with Crippen LogP contribution in [0.4, 0.5) is 4.39 Å². The van der Waals surface area contributed by atoms with Gasteiger partial charge in [-0.2, -0.15) is 0 Å². The lowest BCUT2D eigenvalue weighted by molar-refractivity contribution is 0.197. The van der Waals surface area contributed by atoms with Gasteiger partial charge in [0.25, 0.3) is 0 Å². The molecule has 2 N–H and O–H groups in total. The van der Waals surface area contributed by atoms with Crippen molar-refractivity contribution in [1.82, 2.24) is 0 Å². The van der Waals surface area contributed by atoms with Crippen LogP contribution in [0.25, 0.3) is 0 Å². The molecule has 106 valence electrons. The summed E-state index contributed by atoms with van der Waals surface area (Å²) in [7, 11) is 0. The molecule has 1 atom stereocenters. The lowest BCUT2D eigenvalue weighted by Crippen LogP contribution is -2.14. The van der Waals surface area contributed by atoms with Crippen molar-refractivity contribution >= 4 is 17.2 Å². The predicted molar refractivity (Wildman–Crippen MR) is 81.1 cm³/mol. The molecule has 2 nitrogen and oxygen atoms in total. The minimum absolute atomic E-state index is 0.0158. The Bertz CT molecular complexity index is 423. The van der Waals surface area contributed by atoms with Crippen molar-refractivity contribution in [3.05, 3.63) is 29.6 Å². The fourth-order valence-corrected chi connectivity index (χ4v) is 2.01. The van der Waals surface area contributed by atoms with Crippen LogP contribution in [-0.2, 0) is 0 Å². The Morgan fingerprint density at radius 2 is 2.11 bits per heavy atom. The second-order valence-corrected chi connectivity index (χ2v) is 5.23. The fraction of sp³-hybridized carbons (Fsp3) is 0.533. The van der Waals surface area contributed by atoms with Gasteiger partial charge < -0.3 is 10.5 Å². The lowest BCUT2D eigenvalue weighted by Gasteiger charge is -2.15. The highest BCUT2D eigenvalue weighted by Gasteiger charge is 2.10. The SMILES string of the molecule is CCCCCCC(C)Oc1ccc(C(N)=S)cc1F. The van der Waals surface area contributed by atoms with Gasteiger partial charge in [0.1, 0.15) is 4.99 Å². The maximum Gasteiger partial charge on any atom is 0.165 e. The first-order chi connectivity index (χ1) is 9.04. The zero-order valence-electron chi connectivity index (χ0n) is 11.6. The molecule has 0 saturated heterocycles. The first kappa shape index (κ1) is 15.9. The van der Waals surface area contributed by atoms with Crippen molar-refractivity contribution in [2.24, 2.45) is 5.73 Å². The molecule has 1 unspecified atom stereocenters. The number of nitrogens with two attached hydrogens (primary N) is 1. The molecule has 0 amide bonds. The summed E-state index contributed by atoms with van der Waals surface area (Å²) in [6.07, 6.45) is 5.72. The molecule has 0 aromatic heterocycles. The smallest absolute Gasteiger partial charge is 0.165 e. The van der Waals surface area contributed by atoms with Gasteiger partial charge in [-0.15, -0.1) is 0 Å². The van der Waals surface area contributed by atoms with Gasteiger partial charge in [0.15, 0.2) is 11.6 Å². The molecular formula is C15H22FNOS. The van der Waals surface area contributed by atoms with Gasteiger partial charge >= 0.3 is 0 Å². The summed E-state index contributed by atoms with van der Waals surface area (Å²) in [4.78, 5) is 0.193. The summed E-state index contributed by atoms with van der Waals surface area (Å²) in [6, 6.07) is 4.60. The molecule has 0 heterocycles. The summed E-state index contributed by atoms with van der Waals surface area (Å²) in [6.45, 7) is 4.14. The largest absolute Gasteiger partial charge is 0.488 e. The number of hydrogen-bond acceptors (Lipinski definition) is 2. The average molecular weight is 283 g/mol. The van der Waals surface area contributed by atoms with Gasteiger partial charge in [0, 0.05) is 5.56 Å². The van der Waals surface area contributed by atoms with Crippen molar-refractivity contribution < 1.29 is 9.13 Å². The molecule has 0 radical (unpaired) electrons. The van der Waals surface area contributed by atoms with E-state index in [4.69, 9.17) is 22.7 Å². The highest BCUT2D eigenvalue weighted by atomic mass is 32.1. The third kappa shape index (κ3) is 5.55. The standard InChI is InChI=1S/C15H22FNOS/c1-3-4-5-6-7-11(2)18-14-9-8-12(15(17)19)10-13(14)16/h8-11H,3-7H2,1-2H3,(H2,17,19). The van der Waals surface area contributed by atoms with E-state index in [1.165, 1.54) is 25.3 Å². The number of unbranched alkanes of at least 4 members (excludes halogenated alkanes) is 3. The summed E-state index contributed by atoms with van der Waals surface area (Å²) in [5, 5.41) is 0. The van der Waals surface area contributed by atoms with Gasteiger partial charge in [-0.1, -0.05) is 38.4 Å². The Hall–Kier alpha value is -1.16. The van der Waals surface area contributed by atoms with Crippen molar-refractivity contribution in [3.8, 4) is 5.75 Å². The molecule has 19 heavy (non-hydrogen) atoms. The van der Waals surface area contributed by atoms with Gasteiger partial charge in [-0.25, -0.2) is 4.39 Å². The van der Waals surface area contributed by atoms with E-state index in [9.17, 15) is 4.39 Å². The Balaban J connectivity index is 2.50. The highest BCUT2D eigenvalue weighted by Crippen LogP contribution is 2.21. The molecule has 1 rings (SSSR count). The van der Waals surface area contributed by atoms with E-state index >= 15 is 0 Å². The first-order valence-corrected chi connectivity index (χ1v) is 7.21. The third-order valence-corrected chi connectivity index (χ3v) is 3.24. The quantitative estimate of drug-likeness (QED) is 0.573. The molecule has 1 aromatic rings. The molecule has 4 heteroatoms. The van der Waals surface area contributed by atoms with Crippen molar-refractivity contribution in [3.63, 3.8) is 0 Å². The summed E-state index contributed by atoms with van der Waals surface area (Å²) >= 11 is 4.81. The molecule has 0 aliphatic carbocycles. The van der Waals surface area contributed by atoms with Crippen molar-refractivity contribution in [2.45, 2.75) is 52.1 Å². The number of halogens is 1. The second kappa shape index (κ2) is 8.10. The Labute approximate surface area is 120 Å². The van der Waals surface area contributed by atoms with E-state index in [0.29, 0.717) is 5.56 Å². The second-order valence-electron chi connectivity index (χ2n) is 4.79. The molecule has 0 saturated carbocycles. The van der Waals surface area contributed by atoms with E-state index in [1.807, 2.05) is 6.92 Å². The monoisotopic (exact) mass is 283 g/mol. The van der Waals surface area contributed by atoms with Gasteiger partial charge in [-0.05, 0) is 38.0 Å². The number of rotatable bonds is 8. The van der Waals surface area contributed by atoms with E-state index in [1.54, 1.807) is 12.1 Å². The van der Waals surface area contributed by atoms with Crippen LogP contribution in [0.5, 0.6) is 5.75 Å². The van der Waals surface area contributed by atoms with Crippen molar-refractivity contribution in [1.29, 1.82) is 0 Å². The summed E-state index contributed by atoms with van der Waals surface area (Å²) in [5.41, 5.74) is 5.98. The maximum absolute atomic E-state index is 13.8. The number of hydrogen-bond donors (Lipinski definition) is 1. The van der Waals surface area contributed by atoms with Crippen molar-refractivity contribution in [2.75, 3.05) is 0 Å². The molecule has 1 aromatic carbocycles. The topological polar surface area (TPSA) is 35.2 Å². The molecule has 0 bridgehead atoms. The first-order valence-electron chi connectivity index (χ1n) is 6.80. The van der Waals surface area contributed by atoms with E-state index < -0.39 is 5.82 Å². The predicted octanol–water partition coefficient (Wildman–Crippen LogP) is 4.20. The van der Waals surface area contributed by atoms with Crippen LogP contribution in [0.15, 0.2) is 18.2 Å².